The molecule has 1 rings (SSSR count). The van der Waals surface area contributed by atoms with Gasteiger partial charge in [-0.25, -0.2) is 5.48 Å². The molecular formula is C9H15N3O2. The van der Waals surface area contributed by atoms with Crippen LogP contribution in [0.2, 0.25) is 0 Å². The number of nitrogens with one attached hydrogen (secondary N) is 2. The standard InChI is InChI=1S/C9H15N3O2/c1-9(2,3)14-12-8(13)6-7-4-5-10-11-7/h4-5H,6H2,1-3H3,(H,10,11)(H,12,13). The normalized spacial score (nSPS) is 11.4. The molecule has 78 valence electrons. The van der Waals surface area contributed by atoms with E-state index in [1.807, 2.05) is 20.8 Å². The Labute approximate surface area is 82.8 Å². The van der Waals surface area contributed by atoms with Gasteiger partial charge < -0.3 is 0 Å². The minimum atomic E-state index is -0.371. The number of carbonyl (C=O) groups excluding carboxylic acids is 1. The van der Waals surface area contributed by atoms with Crippen LogP contribution >= 0.6 is 0 Å². The van der Waals surface area contributed by atoms with Gasteiger partial charge >= 0.3 is 0 Å². The van der Waals surface area contributed by atoms with E-state index in [9.17, 15) is 4.79 Å². The lowest BCUT2D eigenvalue weighted by atomic mass is 10.2. The quantitative estimate of drug-likeness (QED) is 0.704. The van der Waals surface area contributed by atoms with Crippen LogP contribution in [-0.4, -0.2) is 21.7 Å². The number of carbonyl (C=O) groups is 1. The first-order chi connectivity index (χ1) is 6.47. The number of hydrogen-bond donors (Lipinski definition) is 2. The van der Waals surface area contributed by atoms with Gasteiger partial charge in [-0.15, -0.1) is 0 Å². The molecule has 0 bridgehead atoms. The van der Waals surface area contributed by atoms with Crippen molar-refractivity contribution < 1.29 is 9.63 Å². The van der Waals surface area contributed by atoms with Crippen molar-refractivity contribution in [1.82, 2.24) is 15.7 Å². The Morgan fingerprint density at radius 1 is 1.64 bits per heavy atom. The van der Waals surface area contributed by atoms with Crippen LogP contribution in [0.4, 0.5) is 0 Å². The Morgan fingerprint density at radius 3 is 2.86 bits per heavy atom. The van der Waals surface area contributed by atoms with E-state index in [2.05, 4.69) is 15.7 Å². The number of hydrogen-bond acceptors (Lipinski definition) is 3. The van der Waals surface area contributed by atoms with Crippen LogP contribution in [0.25, 0.3) is 0 Å². The van der Waals surface area contributed by atoms with Crippen LogP contribution in [-0.2, 0) is 16.1 Å². The van der Waals surface area contributed by atoms with Crippen molar-refractivity contribution in [3.63, 3.8) is 0 Å². The summed E-state index contributed by atoms with van der Waals surface area (Å²) >= 11 is 0. The molecule has 1 heterocycles. The Kier molecular flexibility index (Phi) is 3.24. The zero-order valence-electron chi connectivity index (χ0n) is 8.63. The summed E-state index contributed by atoms with van der Waals surface area (Å²) in [5, 5.41) is 6.44. The lowest BCUT2D eigenvalue weighted by Crippen LogP contribution is -2.34. The van der Waals surface area contributed by atoms with Crippen LogP contribution in [0.1, 0.15) is 26.5 Å². The summed E-state index contributed by atoms with van der Waals surface area (Å²) in [5.74, 6) is -0.191. The number of nitrogens with zero attached hydrogens (tertiary/aromatic N) is 1. The molecule has 0 aliphatic rings. The summed E-state index contributed by atoms with van der Waals surface area (Å²) in [4.78, 5) is 16.4. The van der Waals surface area contributed by atoms with E-state index in [1.165, 1.54) is 0 Å². The maximum atomic E-state index is 11.3. The Balaban J connectivity index is 2.30. The molecule has 5 heteroatoms. The highest BCUT2D eigenvalue weighted by Crippen LogP contribution is 2.03. The van der Waals surface area contributed by atoms with Gasteiger partial charge in [0.2, 0.25) is 5.91 Å². The van der Waals surface area contributed by atoms with Crippen LogP contribution in [0.5, 0.6) is 0 Å². The van der Waals surface area contributed by atoms with E-state index >= 15 is 0 Å². The van der Waals surface area contributed by atoms with Crippen LogP contribution in [0.3, 0.4) is 0 Å². The van der Waals surface area contributed by atoms with E-state index in [4.69, 9.17) is 4.84 Å². The third-order valence-electron chi connectivity index (χ3n) is 1.38. The molecular weight excluding hydrogens is 182 g/mol. The fraction of sp³-hybridized carbons (Fsp3) is 0.556. The van der Waals surface area contributed by atoms with Gasteiger partial charge in [0, 0.05) is 11.9 Å². The highest BCUT2D eigenvalue weighted by atomic mass is 16.7. The molecule has 0 saturated heterocycles. The smallest absolute Gasteiger partial charge is 0.249 e. The second-order valence-electron chi connectivity index (χ2n) is 4.00. The average molecular weight is 197 g/mol. The molecule has 0 radical (unpaired) electrons. The molecule has 14 heavy (non-hydrogen) atoms. The highest BCUT2D eigenvalue weighted by Gasteiger charge is 2.13. The summed E-state index contributed by atoms with van der Waals surface area (Å²) in [6.07, 6.45) is 1.85. The predicted octanol–water partition coefficient (Wildman–Crippen LogP) is 0.798. The molecule has 1 aromatic rings. The van der Waals surface area contributed by atoms with Gasteiger partial charge in [-0.3, -0.25) is 14.7 Å². The van der Waals surface area contributed by atoms with Crippen molar-refractivity contribution >= 4 is 5.91 Å². The first-order valence-corrected chi connectivity index (χ1v) is 4.42. The molecule has 0 atom stereocenters. The second-order valence-corrected chi connectivity index (χ2v) is 4.00. The van der Waals surface area contributed by atoms with Gasteiger partial charge in [0.15, 0.2) is 0 Å². The monoisotopic (exact) mass is 197 g/mol. The Morgan fingerprint density at radius 2 is 2.36 bits per heavy atom. The van der Waals surface area contributed by atoms with Crippen LogP contribution in [0.15, 0.2) is 12.3 Å². The molecule has 1 amide bonds. The Hall–Kier alpha value is -1.36. The lowest BCUT2D eigenvalue weighted by molar-refractivity contribution is -0.144. The molecule has 1 aromatic heterocycles. The molecule has 0 unspecified atom stereocenters. The van der Waals surface area contributed by atoms with E-state index in [0.29, 0.717) is 0 Å². The van der Waals surface area contributed by atoms with Crippen LogP contribution in [0, 0.1) is 0 Å². The molecule has 0 saturated carbocycles. The van der Waals surface area contributed by atoms with Gasteiger partial charge in [-0.05, 0) is 26.8 Å². The molecule has 0 aliphatic heterocycles. The number of amides is 1. The third kappa shape index (κ3) is 4.04. The van der Waals surface area contributed by atoms with Gasteiger partial charge in [-0.2, -0.15) is 5.10 Å². The number of H-pyrrole nitrogens is 1. The molecule has 0 aromatic carbocycles. The van der Waals surface area contributed by atoms with Gasteiger partial charge in [0.25, 0.3) is 0 Å². The SMILES string of the molecule is CC(C)(C)ONC(=O)Cc1ccn[nH]1. The number of hydroxylamine groups is 1. The minimum absolute atomic E-state index is 0.191. The zero-order chi connectivity index (χ0) is 10.6. The van der Waals surface area contributed by atoms with Gasteiger partial charge in [-0.1, -0.05) is 0 Å². The first kappa shape index (κ1) is 10.7. The van der Waals surface area contributed by atoms with Gasteiger partial charge in [0.1, 0.15) is 0 Å². The maximum absolute atomic E-state index is 11.3. The molecule has 0 fully saturated rings. The van der Waals surface area contributed by atoms with Gasteiger partial charge in [0.05, 0.1) is 12.0 Å². The Bertz CT molecular complexity index is 288. The third-order valence-corrected chi connectivity index (χ3v) is 1.38. The van der Waals surface area contributed by atoms with E-state index in [0.717, 1.165) is 5.69 Å². The minimum Gasteiger partial charge on any atom is -0.282 e. The number of aromatic nitrogens is 2. The number of rotatable bonds is 3. The lowest BCUT2D eigenvalue weighted by Gasteiger charge is -2.18. The second kappa shape index (κ2) is 4.23. The molecule has 0 spiro atoms. The summed E-state index contributed by atoms with van der Waals surface area (Å²) in [6.45, 7) is 5.59. The average Bonchev–Trinajstić information content (AvgIpc) is 2.52. The van der Waals surface area contributed by atoms with Crippen molar-refractivity contribution in [3.05, 3.63) is 18.0 Å². The van der Waals surface area contributed by atoms with Crippen LogP contribution < -0.4 is 5.48 Å². The molecule has 5 nitrogen and oxygen atoms in total. The van der Waals surface area contributed by atoms with E-state index in [-0.39, 0.29) is 17.9 Å². The fourth-order valence-electron chi connectivity index (χ4n) is 0.802. The van der Waals surface area contributed by atoms with E-state index < -0.39 is 0 Å². The number of aromatic amines is 1. The maximum Gasteiger partial charge on any atom is 0.249 e. The van der Waals surface area contributed by atoms with Crippen molar-refractivity contribution in [2.75, 3.05) is 0 Å². The largest absolute Gasteiger partial charge is 0.282 e. The summed E-state index contributed by atoms with van der Waals surface area (Å²) in [5.41, 5.74) is 2.77. The van der Waals surface area contributed by atoms with Crippen molar-refractivity contribution in [2.24, 2.45) is 0 Å². The van der Waals surface area contributed by atoms with Crippen molar-refractivity contribution in [2.45, 2.75) is 32.8 Å². The molecule has 2 N–H and O–H groups in total. The fourth-order valence-corrected chi connectivity index (χ4v) is 0.802. The van der Waals surface area contributed by atoms with E-state index in [1.54, 1.807) is 12.3 Å². The highest BCUT2D eigenvalue weighted by molar-refractivity contribution is 5.76. The van der Waals surface area contributed by atoms with Crippen molar-refractivity contribution in [1.29, 1.82) is 0 Å². The predicted molar refractivity (Wildman–Crippen MR) is 51.3 cm³/mol. The molecule has 0 aliphatic carbocycles. The first-order valence-electron chi connectivity index (χ1n) is 4.42. The summed E-state index contributed by atoms with van der Waals surface area (Å²) in [7, 11) is 0. The summed E-state index contributed by atoms with van der Waals surface area (Å²) in [6, 6.07) is 1.75. The zero-order valence-corrected chi connectivity index (χ0v) is 8.63. The summed E-state index contributed by atoms with van der Waals surface area (Å²) < 4.78 is 0. The van der Waals surface area contributed by atoms with Crippen molar-refractivity contribution in [3.8, 4) is 0 Å². The topological polar surface area (TPSA) is 67.0 Å².